The van der Waals surface area contributed by atoms with E-state index < -0.39 is 18.1 Å². The molecule has 0 aliphatic carbocycles. The van der Waals surface area contributed by atoms with Crippen molar-refractivity contribution in [2.75, 3.05) is 0 Å². The zero-order valence-electron chi connectivity index (χ0n) is 11.6. The Labute approximate surface area is 125 Å². The van der Waals surface area contributed by atoms with Gasteiger partial charge in [0.2, 0.25) is 0 Å². The number of hydrogen-bond acceptors (Lipinski definition) is 6. The van der Waals surface area contributed by atoms with Gasteiger partial charge < -0.3 is 15.2 Å². The number of carboxylic acid groups (broad SMARTS) is 1. The third-order valence-electron chi connectivity index (χ3n) is 2.85. The number of aromatic amines is 1. The van der Waals surface area contributed by atoms with E-state index in [0.29, 0.717) is 5.82 Å². The normalized spacial score (nSPS) is 11.6. The number of tetrazole rings is 1. The van der Waals surface area contributed by atoms with E-state index in [9.17, 15) is 9.59 Å². The van der Waals surface area contributed by atoms with Gasteiger partial charge in [-0.25, -0.2) is 9.59 Å². The number of ether oxygens (including phenoxy) is 1. The molecule has 1 heterocycles. The highest BCUT2D eigenvalue weighted by atomic mass is 16.5. The van der Waals surface area contributed by atoms with Gasteiger partial charge in [0.05, 0.1) is 0 Å². The Morgan fingerprint density at radius 2 is 2.09 bits per heavy atom. The molecule has 0 aliphatic heterocycles. The molecule has 9 nitrogen and oxygen atoms in total. The number of carbonyl (C=O) groups excluding carboxylic acids is 1. The van der Waals surface area contributed by atoms with Gasteiger partial charge in [0.25, 0.3) is 0 Å². The number of aromatic nitrogens is 4. The highest BCUT2D eigenvalue weighted by Crippen LogP contribution is 2.03. The average Bonchev–Trinajstić information content (AvgIpc) is 3.03. The second-order valence-corrected chi connectivity index (χ2v) is 4.46. The number of H-pyrrole nitrogens is 1. The number of carboxylic acids is 1. The number of amides is 1. The van der Waals surface area contributed by atoms with Gasteiger partial charge in [-0.3, -0.25) is 0 Å². The van der Waals surface area contributed by atoms with Gasteiger partial charge in [-0.2, -0.15) is 5.21 Å². The zero-order valence-corrected chi connectivity index (χ0v) is 11.6. The lowest BCUT2D eigenvalue weighted by atomic mass is 10.1. The number of rotatable bonds is 7. The van der Waals surface area contributed by atoms with Crippen LogP contribution in [0.2, 0.25) is 0 Å². The van der Waals surface area contributed by atoms with E-state index in [1.165, 1.54) is 0 Å². The zero-order chi connectivity index (χ0) is 15.8. The summed E-state index contributed by atoms with van der Waals surface area (Å²) in [5, 5.41) is 24.5. The Morgan fingerprint density at radius 3 is 2.73 bits per heavy atom. The SMILES string of the molecule is O=C(N[C@@H](CCc1nn[nH]n1)C(=O)O)OCc1ccccc1. The van der Waals surface area contributed by atoms with Crippen molar-refractivity contribution in [3.05, 3.63) is 41.7 Å². The Kier molecular flexibility index (Phi) is 5.41. The van der Waals surface area contributed by atoms with E-state index in [-0.39, 0.29) is 19.4 Å². The fraction of sp³-hybridized carbons (Fsp3) is 0.308. The third kappa shape index (κ3) is 4.85. The standard InChI is InChI=1S/C13H15N5O4/c19-12(20)10(6-7-11-15-17-18-16-11)14-13(21)22-8-9-4-2-1-3-5-9/h1-5,10H,6-8H2,(H,14,21)(H,19,20)(H,15,16,17,18)/t10-/m0/s1. The minimum Gasteiger partial charge on any atom is -0.480 e. The number of alkyl carbamates (subject to hydrolysis) is 1. The first-order chi connectivity index (χ1) is 10.6. The molecule has 1 aromatic heterocycles. The van der Waals surface area contributed by atoms with Crippen molar-refractivity contribution in [3.63, 3.8) is 0 Å². The van der Waals surface area contributed by atoms with E-state index in [4.69, 9.17) is 9.84 Å². The number of aliphatic carboxylic acids is 1. The number of aryl methyl sites for hydroxylation is 1. The maximum Gasteiger partial charge on any atom is 0.408 e. The van der Waals surface area contributed by atoms with Crippen LogP contribution in [0.1, 0.15) is 17.8 Å². The van der Waals surface area contributed by atoms with Gasteiger partial charge in [-0.05, 0) is 12.0 Å². The smallest absolute Gasteiger partial charge is 0.408 e. The number of nitrogens with one attached hydrogen (secondary N) is 2. The molecule has 0 saturated heterocycles. The van der Waals surface area contributed by atoms with Crippen LogP contribution in [-0.2, 0) is 22.6 Å². The second kappa shape index (κ2) is 7.72. The van der Waals surface area contributed by atoms with Crippen LogP contribution in [0.3, 0.4) is 0 Å². The molecule has 1 amide bonds. The van der Waals surface area contributed by atoms with Crippen LogP contribution in [0, 0.1) is 0 Å². The second-order valence-electron chi connectivity index (χ2n) is 4.46. The van der Waals surface area contributed by atoms with Crippen molar-refractivity contribution in [2.45, 2.75) is 25.5 Å². The van der Waals surface area contributed by atoms with Gasteiger partial charge in [0.1, 0.15) is 12.6 Å². The summed E-state index contributed by atoms with van der Waals surface area (Å²) in [5.74, 6) is -0.772. The molecule has 0 aliphatic rings. The van der Waals surface area contributed by atoms with Crippen molar-refractivity contribution in [1.82, 2.24) is 25.9 Å². The molecule has 0 unspecified atom stereocenters. The summed E-state index contributed by atoms with van der Waals surface area (Å²) < 4.78 is 4.98. The predicted molar refractivity (Wildman–Crippen MR) is 73.7 cm³/mol. The minimum absolute atomic E-state index is 0.0733. The number of hydrogen-bond donors (Lipinski definition) is 3. The van der Waals surface area contributed by atoms with Crippen molar-refractivity contribution in [2.24, 2.45) is 0 Å². The van der Waals surface area contributed by atoms with Crippen LogP contribution in [-0.4, -0.2) is 43.8 Å². The summed E-state index contributed by atoms with van der Waals surface area (Å²) in [7, 11) is 0. The van der Waals surface area contributed by atoms with Crippen molar-refractivity contribution in [1.29, 1.82) is 0 Å². The van der Waals surface area contributed by atoms with Crippen LogP contribution >= 0.6 is 0 Å². The van der Waals surface area contributed by atoms with E-state index >= 15 is 0 Å². The van der Waals surface area contributed by atoms with E-state index in [2.05, 4.69) is 25.9 Å². The molecule has 9 heteroatoms. The van der Waals surface area contributed by atoms with Crippen molar-refractivity contribution < 1.29 is 19.4 Å². The first-order valence-electron chi connectivity index (χ1n) is 6.57. The van der Waals surface area contributed by atoms with Gasteiger partial charge in [0, 0.05) is 6.42 Å². The fourth-order valence-electron chi connectivity index (χ4n) is 1.73. The Hall–Kier alpha value is -2.97. The molecule has 1 atom stereocenters. The van der Waals surface area contributed by atoms with Gasteiger partial charge in [-0.15, -0.1) is 10.2 Å². The molecule has 0 spiro atoms. The van der Waals surface area contributed by atoms with Gasteiger partial charge in [-0.1, -0.05) is 35.5 Å². The van der Waals surface area contributed by atoms with Crippen LogP contribution < -0.4 is 5.32 Å². The van der Waals surface area contributed by atoms with E-state index in [0.717, 1.165) is 5.56 Å². The molecule has 0 saturated carbocycles. The highest BCUT2D eigenvalue weighted by Gasteiger charge is 2.21. The Morgan fingerprint density at radius 1 is 1.32 bits per heavy atom. The summed E-state index contributed by atoms with van der Waals surface area (Å²) in [5.41, 5.74) is 0.816. The molecule has 2 aromatic rings. The Bertz CT molecular complexity index is 602. The highest BCUT2D eigenvalue weighted by molar-refractivity contribution is 5.79. The topological polar surface area (TPSA) is 130 Å². The number of nitrogens with zero attached hydrogens (tertiary/aromatic N) is 3. The first-order valence-corrected chi connectivity index (χ1v) is 6.57. The minimum atomic E-state index is -1.15. The molecular formula is C13H15N5O4. The first kappa shape index (κ1) is 15.4. The lowest BCUT2D eigenvalue weighted by Gasteiger charge is -2.13. The molecule has 2 rings (SSSR count). The lowest BCUT2D eigenvalue weighted by Crippen LogP contribution is -2.41. The average molecular weight is 305 g/mol. The maximum atomic E-state index is 11.6. The molecule has 22 heavy (non-hydrogen) atoms. The number of carbonyl (C=O) groups is 2. The van der Waals surface area contributed by atoms with Crippen LogP contribution in [0.25, 0.3) is 0 Å². The van der Waals surface area contributed by atoms with Crippen LogP contribution in [0.5, 0.6) is 0 Å². The van der Waals surface area contributed by atoms with Crippen molar-refractivity contribution in [3.8, 4) is 0 Å². The lowest BCUT2D eigenvalue weighted by molar-refractivity contribution is -0.139. The van der Waals surface area contributed by atoms with Crippen molar-refractivity contribution >= 4 is 12.1 Å². The molecule has 0 radical (unpaired) electrons. The fourth-order valence-corrected chi connectivity index (χ4v) is 1.73. The van der Waals surface area contributed by atoms with Gasteiger partial charge >= 0.3 is 12.1 Å². The third-order valence-corrected chi connectivity index (χ3v) is 2.85. The van der Waals surface area contributed by atoms with Crippen LogP contribution in [0.15, 0.2) is 30.3 Å². The molecule has 0 bridgehead atoms. The predicted octanol–water partition coefficient (Wildman–Crippen LogP) is 0.512. The van der Waals surface area contributed by atoms with Crippen LogP contribution in [0.4, 0.5) is 4.79 Å². The molecule has 3 N–H and O–H groups in total. The summed E-state index contributed by atoms with van der Waals surface area (Å²) in [4.78, 5) is 22.8. The molecule has 116 valence electrons. The van der Waals surface area contributed by atoms with Gasteiger partial charge in [0.15, 0.2) is 5.82 Å². The summed E-state index contributed by atoms with van der Waals surface area (Å²) >= 11 is 0. The van der Waals surface area contributed by atoms with E-state index in [1.807, 2.05) is 18.2 Å². The summed E-state index contributed by atoms with van der Waals surface area (Å²) in [6.07, 6.45) is -0.383. The Balaban J connectivity index is 1.79. The van der Waals surface area contributed by atoms with E-state index in [1.54, 1.807) is 12.1 Å². The maximum absolute atomic E-state index is 11.6. The summed E-state index contributed by atoms with van der Waals surface area (Å²) in [6, 6.07) is 8.02. The number of benzene rings is 1. The monoisotopic (exact) mass is 305 g/mol. The largest absolute Gasteiger partial charge is 0.480 e. The molecule has 1 aromatic carbocycles. The summed E-state index contributed by atoms with van der Waals surface area (Å²) in [6.45, 7) is 0.0733. The molecular weight excluding hydrogens is 290 g/mol. The molecule has 0 fully saturated rings. The quantitative estimate of drug-likeness (QED) is 0.679.